The Bertz CT molecular complexity index is 465. The summed E-state index contributed by atoms with van der Waals surface area (Å²) in [5.74, 6) is -1.11. The first-order chi connectivity index (χ1) is 8.49. The standard InChI is InChI=1S/C12H17N3O3/c1-4-6-15(5-2)12(18)14-9-7-8(3)13-10(9)11(16)17/h4,7,13H,1,5-6H2,2-3H3,(H,14,18)(H,16,17). The number of nitrogens with zero attached hydrogens (tertiary/aromatic N) is 1. The van der Waals surface area contributed by atoms with Gasteiger partial charge in [-0.25, -0.2) is 9.59 Å². The number of amides is 2. The summed E-state index contributed by atoms with van der Waals surface area (Å²) in [5, 5.41) is 11.6. The van der Waals surface area contributed by atoms with Crippen molar-refractivity contribution in [2.75, 3.05) is 18.4 Å². The summed E-state index contributed by atoms with van der Waals surface area (Å²) < 4.78 is 0. The lowest BCUT2D eigenvalue weighted by atomic mass is 10.3. The number of carboxylic acid groups (broad SMARTS) is 1. The van der Waals surface area contributed by atoms with Gasteiger partial charge >= 0.3 is 12.0 Å². The van der Waals surface area contributed by atoms with Gasteiger partial charge in [0.05, 0.1) is 5.69 Å². The number of hydrogen-bond acceptors (Lipinski definition) is 2. The Morgan fingerprint density at radius 2 is 2.28 bits per heavy atom. The van der Waals surface area contributed by atoms with E-state index in [9.17, 15) is 9.59 Å². The van der Waals surface area contributed by atoms with Crippen LogP contribution in [-0.2, 0) is 0 Å². The Morgan fingerprint density at radius 3 is 2.78 bits per heavy atom. The summed E-state index contributed by atoms with van der Waals surface area (Å²) >= 11 is 0. The Kier molecular flexibility index (Phi) is 4.53. The Hall–Kier alpha value is -2.24. The minimum absolute atomic E-state index is 0.0180. The quantitative estimate of drug-likeness (QED) is 0.700. The molecule has 0 aliphatic heterocycles. The zero-order chi connectivity index (χ0) is 13.7. The molecule has 2 amide bonds. The minimum Gasteiger partial charge on any atom is -0.477 e. The number of aromatic nitrogens is 1. The molecule has 6 nitrogen and oxygen atoms in total. The lowest BCUT2D eigenvalue weighted by Crippen LogP contribution is -2.35. The van der Waals surface area contributed by atoms with Crippen molar-refractivity contribution in [3.8, 4) is 0 Å². The second-order valence-corrected chi connectivity index (χ2v) is 3.80. The molecule has 1 heterocycles. The number of likely N-dealkylation sites (N-methyl/N-ethyl adjacent to an activating group) is 1. The number of carbonyl (C=O) groups excluding carboxylic acids is 1. The van der Waals surface area contributed by atoms with Gasteiger partial charge in [-0.2, -0.15) is 0 Å². The van der Waals surface area contributed by atoms with Crippen molar-refractivity contribution >= 4 is 17.7 Å². The van der Waals surface area contributed by atoms with Crippen LogP contribution < -0.4 is 5.32 Å². The van der Waals surface area contributed by atoms with Gasteiger partial charge in [-0.15, -0.1) is 6.58 Å². The van der Waals surface area contributed by atoms with Gasteiger partial charge in [0.25, 0.3) is 0 Å². The molecule has 98 valence electrons. The lowest BCUT2D eigenvalue weighted by molar-refractivity contribution is 0.0692. The van der Waals surface area contributed by atoms with E-state index in [2.05, 4.69) is 16.9 Å². The van der Waals surface area contributed by atoms with Gasteiger partial charge in [0.15, 0.2) is 0 Å². The van der Waals surface area contributed by atoms with E-state index in [4.69, 9.17) is 5.11 Å². The van der Waals surface area contributed by atoms with E-state index in [-0.39, 0.29) is 17.4 Å². The number of carboxylic acids is 1. The number of anilines is 1. The van der Waals surface area contributed by atoms with E-state index in [0.717, 1.165) is 0 Å². The lowest BCUT2D eigenvalue weighted by Gasteiger charge is -2.19. The monoisotopic (exact) mass is 251 g/mol. The number of rotatable bonds is 5. The van der Waals surface area contributed by atoms with Crippen LogP contribution in [0.3, 0.4) is 0 Å². The molecule has 0 bridgehead atoms. The van der Waals surface area contributed by atoms with Crippen molar-refractivity contribution < 1.29 is 14.7 Å². The van der Waals surface area contributed by atoms with Gasteiger partial charge < -0.3 is 20.3 Å². The smallest absolute Gasteiger partial charge is 0.354 e. The number of carbonyl (C=O) groups is 2. The summed E-state index contributed by atoms with van der Waals surface area (Å²) in [5.41, 5.74) is 0.928. The van der Waals surface area contributed by atoms with Gasteiger partial charge in [0, 0.05) is 18.8 Å². The Balaban J connectivity index is 2.86. The third-order valence-electron chi connectivity index (χ3n) is 2.43. The van der Waals surface area contributed by atoms with Crippen LogP contribution in [0.2, 0.25) is 0 Å². The molecule has 1 aromatic heterocycles. The third kappa shape index (κ3) is 3.13. The maximum Gasteiger partial charge on any atom is 0.354 e. The van der Waals surface area contributed by atoms with Crippen LogP contribution in [0.1, 0.15) is 23.1 Å². The SMILES string of the molecule is C=CCN(CC)C(=O)Nc1cc(C)[nH]c1C(=O)O. The van der Waals surface area contributed by atoms with Crippen LogP contribution in [0, 0.1) is 6.92 Å². The Labute approximate surface area is 105 Å². The van der Waals surface area contributed by atoms with Gasteiger partial charge in [-0.1, -0.05) is 6.08 Å². The van der Waals surface area contributed by atoms with Crippen LogP contribution in [0.4, 0.5) is 10.5 Å². The average molecular weight is 251 g/mol. The fraction of sp³-hybridized carbons (Fsp3) is 0.333. The molecule has 0 fully saturated rings. The average Bonchev–Trinajstić information content (AvgIpc) is 2.67. The van der Waals surface area contributed by atoms with Gasteiger partial charge in [0.1, 0.15) is 5.69 Å². The normalized spacial score (nSPS) is 9.89. The number of aromatic amines is 1. The third-order valence-corrected chi connectivity index (χ3v) is 2.43. The number of aromatic carboxylic acids is 1. The van der Waals surface area contributed by atoms with Crippen molar-refractivity contribution in [1.82, 2.24) is 9.88 Å². The van der Waals surface area contributed by atoms with E-state index in [1.807, 2.05) is 6.92 Å². The van der Waals surface area contributed by atoms with E-state index >= 15 is 0 Å². The molecule has 0 spiro atoms. The van der Waals surface area contributed by atoms with Crippen LogP contribution >= 0.6 is 0 Å². The summed E-state index contributed by atoms with van der Waals surface area (Å²) in [4.78, 5) is 27.0. The number of aryl methyl sites for hydroxylation is 1. The van der Waals surface area contributed by atoms with E-state index in [1.165, 1.54) is 4.90 Å². The highest BCUT2D eigenvalue weighted by atomic mass is 16.4. The molecule has 0 saturated heterocycles. The number of urea groups is 1. The summed E-state index contributed by atoms with van der Waals surface area (Å²) in [7, 11) is 0. The predicted octanol–water partition coefficient (Wildman–Crippen LogP) is 2.06. The first kappa shape index (κ1) is 13.8. The number of H-pyrrole nitrogens is 1. The molecule has 0 atom stereocenters. The van der Waals surface area contributed by atoms with Crippen molar-refractivity contribution in [3.63, 3.8) is 0 Å². The molecular weight excluding hydrogens is 234 g/mol. The van der Waals surface area contributed by atoms with E-state index in [0.29, 0.717) is 18.8 Å². The van der Waals surface area contributed by atoms with Crippen LogP contribution in [0.25, 0.3) is 0 Å². The molecule has 0 unspecified atom stereocenters. The molecule has 3 N–H and O–H groups in total. The van der Waals surface area contributed by atoms with Crippen molar-refractivity contribution in [2.45, 2.75) is 13.8 Å². The first-order valence-corrected chi connectivity index (χ1v) is 5.59. The second-order valence-electron chi connectivity index (χ2n) is 3.80. The van der Waals surface area contributed by atoms with Crippen molar-refractivity contribution in [3.05, 3.63) is 30.1 Å². The van der Waals surface area contributed by atoms with Crippen molar-refractivity contribution in [2.24, 2.45) is 0 Å². The first-order valence-electron chi connectivity index (χ1n) is 5.59. The molecule has 0 aliphatic rings. The second kappa shape index (κ2) is 5.90. The zero-order valence-corrected chi connectivity index (χ0v) is 10.5. The molecule has 0 aliphatic carbocycles. The largest absolute Gasteiger partial charge is 0.477 e. The van der Waals surface area contributed by atoms with E-state index < -0.39 is 5.97 Å². The van der Waals surface area contributed by atoms with Gasteiger partial charge in [-0.3, -0.25) is 0 Å². The van der Waals surface area contributed by atoms with Crippen LogP contribution in [0.15, 0.2) is 18.7 Å². The summed E-state index contributed by atoms with van der Waals surface area (Å²) in [6, 6.07) is 1.24. The topological polar surface area (TPSA) is 85.4 Å². The van der Waals surface area contributed by atoms with Crippen molar-refractivity contribution in [1.29, 1.82) is 0 Å². The van der Waals surface area contributed by atoms with Crippen LogP contribution in [0.5, 0.6) is 0 Å². The van der Waals surface area contributed by atoms with Crippen LogP contribution in [-0.4, -0.2) is 40.1 Å². The number of hydrogen-bond donors (Lipinski definition) is 3. The maximum atomic E-state index is 11.9. The van der Waals surface area contributed by atoms with Gasteiger partial charge in [-0.05, 0) is 19.9 Å². The molecule has 0 radical (unpaired) electrons. The highest BCUT2D eigenvalue weighted by Crippen LogP contribution is 2.17. The van der Waals surface area contributed by atoms with Gasteiger partial charge in [0.2, 0.25) is 0 Å². The zero-order valence-electron chi connectivity index (χ0n) is 10.5. The molecule has 0 saturated carbocycles. The summed E-state index contributed by atoms with van der Waals surface area (Å²) in [6.45, 7) is 8.06. The summed E-state index contributed by atoms with van der Waals surface area (Å²) in [6.07, 6.45) is 1.61. The molecular formula is C12H17N3O3. The Morgan fingerprint density at radius 1 is 1.61 bits per heavy atom. The minimum atomic E-state index is -1.11. The molecule has 1 rings (SSSR count). The predicted molar refractivity (Wildman–Crippen MR) is 69.0 cm³/mol. The molecule has 6 heteroatoms. The molecule has 1 aromatic rings. The van der Waals surface area contributed by atoms with E-state index in [1.54, 1.807) is 19.1 Å². The molecule has 0 aromatic carbocycles. The number of nitrogens with one attached hydrogen (secondary N) is 2. The maximum absolute atomic E-state index is 11.9. The fourth-order valence-electron chi connectivity index (χ4n) is 1.56. The highest BCUT2D eigenvalue weighted by molar-refractivity contribution is 5.99. The fourth-order valence-corrected chi connectivity index (χ4v) is 1.56. The highest BCUT2D eigenvalue weighted by Gasteiger charge is 2.17. The molecule has 18 heavy (non-hydrogen) atoms.